The summed E-state index contributed by atoms with van der Waals surface area (Å²) in [4.78, 5) is 0. The van der Waals surface area contributed by atoms with E-state index >= 15 is 0 Å². The molecule has 0 saturated heterocycles. The number of aryl methyl sites for hydroxylation is 2. The van der Waals surface area contributed by atoms with E-state index in [2.05, 4.69) is 0 Å². The zero-order valence-electron chi connectivity index (χ0n) is 8.35. The van der Waals surface area contributed by atoms with Crippen molar-refractivity contribution in [1.29, 1.82) is 0 Å². The van der Waals surface area contributed by atoms with E-state index in [4.69, 9.17) is 4.55 Å². The van der Waals surface area contributed by atoms with Crippen LogP contribution in [0, 0.1) is 13.8 Å². The van der Waals surface area contributed by atoms with E-state index in [1.807, 2.05) is 13.0 Å². The first-order valence-electron chi connectivity index (χ1n) is 4.11. The minimum atomic E-state index is -4.16. The molecule has 0 atom stereocenters. The second-order valence-corrected chi connectivity index (χ2v) is 4.68. The van der Waals surface area contributed by atoms with E-state index in [9.17, 15) is 8.42 Å². The molecule has 0 spiro atoms. The Kier molecular flexibility index (Phi) is 2.82. The highest BCUT2D eigenvalue weighted by Gasteiger charge is 2.15. The zero-order valence-corrected chi connectivity index (χ0v) is 9.17. The largest absolute Gasteiger partial charge is 0.359 e. The predicted octanol–water partition coefficient (Wildman–Crippen LogP) is 1.54. The maximum atomic E-state index is 10.9. The molecule has 0 saturated carbocycles. The molecule has 0 bridgehead atoms. The van der Waals surface area contributed by atoms with E-state index < -0.39 is 10.3 Å². The molecule has 0 aliphatic carbocycles. The monoisotopic (exact) mass is 215 g/mol. The van der Waals surface area contributed by atoms with Gasteiger partial charge in [0.25, 0.3) is 0 Å². The van der Waals surface area contributed by atoms with Gasteiger partial charge in [-0.25, -0.2) is 0 Å². The first-order valence-corrected chi connectivity index (χ1v) is 5.50. The van der Waals surface area contributed by atoms with Crippen molar-refractivity contribution in [2.75, 3.05) is 11.4 Å². The molecule has 5 heteroatoms. The third-order valence-corrected chi connectivity index (χ3v) is 2.93. The van der Waals surface area contributed by atoms with Gasteiger partial charge in [0.1, 0.15) is 0 Å². The van der Waals surface area contributed by atoms with Crippen LogP contribution in [0.15, 0.2) is 18.2 Å². The lowest BCUT2D eigenvalue weighted by Gasteiger charge is -2.17. The van der Waals surface area contributed by atoms with Crippen molar-refractivity contribution in [2.24, 2.45) is 0 Å². The lowest BCUT2D eigenvalue weighted by Crippen LogP contribution is -2.26. The Balaban J connectivity index is 3.21. The standard InChI is InChI=1S/C9H13NO3S/c1-7-4-5-9(8(2)6-7)10(3)14(11,12)13/h4-6H,1-3H3,(H,11,12,13). The van der Waals surface area contributed by atoms with Gasteiger partial charge in [-0.15, -0.1) is 0 Å². The van der Waals surface area contributed by atoms with Crippen LogP contribution in [0.5, 0.6) is 0 Å². The molecule has 0 aliphatic heterocycles. The molecule has 0 amide bonds. The van der Waals surface area contributed by atoms with Crippen molar-refractivity contribution in [1.82, 2.24) is 0 Å². The van der Waals surface area contributed by atoms with Gasteiger partial charge in [-0.05, 0) is 25.5 Å². The van der Waals surface area contributed by atoms with E-state index in [0.717, 1.165) is 15.4 Å². The molecule has 1 aromatic carbocycles. The number of hydrogen-bond acceptors (Lipinski definition) is 2. The Labute approximate surface area is 84.1 Å². The van der Waals surface area contributed by atoms with E-state index in [1.54, 1.807) is 19.1 Å². The highest BCUT2D eigenvalue weighted by atomic mass is 32.2. The minimum absolute atomic E-state index is 0.484. The van der Waals surface area contributed by atoms with Crippen molar-refractivity contribution < 1.29 is 13.0 Å². The first-order chi connectivity index (χ1) is 6.32. The van der Waals surface area contributed by atoms with Crippen LogP contribution in [0.25, 0.3) is 0 Å². The zero-order chi connectivity index (χ0) is 10.9. The summed E-state index contributed by atoms with van der Waals surface area (Å²) < 4.78 is 31.4. The van der Waals surface area contributed by atoms with Crippen molar-refractivity contribution in [3.8, 4) is 0 Å². The SMILES string of the molecule is Cc1ccc(N(C)S(=O)(=O)O)c(C)c1. The fourth-order valence-corrected chi connectivity index (χ4v) is 1.74. The van der Waals surface area contributed by atoms with Crippen LogP contribution in [-0.4, -0.2) is 20.0 Å². The summed E-state index contributed by atoms with van der Waals surface area (Å²) in [6.07, 6.45) is 0. The van der Waals surface area contributed by atoms with E-state index in [0.29, 0.717) is 5.69 Å². The molecule has 1 N–H and O–H groups in total. The molecule has 1 aromatic rings. The van der Waals surface area contributed by atoms with Gasteiger partial charge in [0.15, 0.2) is 0 Å². The van der Waals surface area contributed by atoms with Gasteiger partial charge in [0, 0.05) is 7.05 Å². The number of benzene rings is 1. The molecular weight excluding hydrogens is 202 g/mol. The second-order valence-electron chi connectivity index (χ2n) is 3.24. The smallest absolute Gasteiger partial charge is 0.269 e. The highest BCUT2D eigenvalue weighted by molar-refractivity contribution is 7.87. The maximum Gasteiger partial charge on any atom is 0.359 e. The summed E-state index contributed by atoms with van der Waals surface area (Å²) in [7, 11) is -2.85. The summed E-state index contributed by atoms with van der Waals surface area (Å²) in [5.74, 6) is 0. The second kappa shape index (κ2) is 3.59. The molecule has 0 aliphatic rings. The van der Waals surface area contributed by atoms with Gasteiger partial charge < -0.3 is 0 Å². The van der Waals surface area contributed by atoms with Crippen molar-refractivity contribution in [3.05, 3.63) is 29.3 Å². The van der Waals surface area contributed by atoms with Crippen LogP contribution < -0.4 is 4.31 Å². The van der Waals surface area contributed by atoms with Crippen LogP contribution in [0.4, 0.5) is 5.69 Å². The van der Waals surface area contributed by atoms with E-state index in [-0.39, 0.29) is 0 Å². The Morgan fingerprint density at radius 3 is 2.29 bits per heavy atom. The molecule has 1 rings (SSSR count). The van der Waals surface area contributed by atoms with Crippen molar-refractivity contribution >= 4 is 16.0 Å². The molecule has 0 unspecified atom stereocenters. The fraction of sp³-hybridized carbons (Fsp3) is 0.333. The summed E-state index contributed by atoms with van der Waals surface area (Å²) in [6.45, 7) is 3.72. The quantitative estimate of drug-likeness (QED) is 0.761. The summed E-state index contributed by atoms with van der Waals surface area (Å²) in [5.41, 5.74) is 2.35. The summed E-state index contributed by atoms with van der Waals surface area (Å²) >= 11 is 0. The van der Waals surface area contributed by atoms with Crippen molar-refractivity contribution in [2.45, 2.75) is 13.8 Å². The van der Waals surface area contributed by atoms with Crippen LogP contribution in [0.1, 0.15) is 11.1 Å². The van der Waals surface area contributed by atoms with Gasteiger partial charge in [-0.1, -0.05) is 17.7 Å². The maximum absolute atomic E-state index is 10.9. The third kappa shape index (κ3) is 2.24. The van der Waals surface area contributed by atoms with Crippen molar-refractivity contribution in [3.63, 3.8) is 0 Å². The lowest BCUT2D eigenvalue weighted by atomic mass is 10.1. The Hall–Kier alpha value is -1.07. The Morgan fingerprint density at radius 1 is 1.29 bits per heavy atom. The Morgan fingerprint density at radius 2 is 1.86 bits per heavy atom. The van der Waals surface area contributed by atoms with Gasteiger partial charge in [-0.3, -0.25) is 8.86 Å². The number of nitrogens with zero attached hydrogens (tertiary/aromatic N) is 1. The van der Waals surface area contributed by atoms with Crippen LogP contribution >= 0.6 is 0 Å². The Bertz CT molecular complexity index is 439. The number of anilines is 1. The number of hydrogen-bond donors (Lipinski definition) is 1. The molecule has 4 nitrogen and oxygen atoms in total. The fourth-order valence-electron chi connectivity index (χ4n) is 1.28. The van der Waals surface area contributed by atoms with Gasteiger partial charge >= 0.3 is 10.3 Å². The molecule has 0 heterocycles. The lowest BCUT2D eigenvalue weighted by molar-refractivity contribution is 0.481. The average molecular weight is 215 g/mol. The molecule has 14 heavy (non-hydrogen) atoms. The average Bonchev–Trinajstić information content (AvgIpc) is 2.01. The topological polar surface area (TPSA) is 57.6 Å². The molecular formula is C9H13NO3S. The molecule has 0 radical (unpaired) electrons. The summed E-state index contributed by atoms with van der Waals surface area (Å²) in [5, 5.41) is 0. The normalized spacial score (nSPS) is 11.4. The van der Waals surface area contributed by atoms with Crippen LogP contribution in [-0.2, 0) is 10.3 Å². The van der Waals surface area contributed by atoms with Gasteiger partial charge in [0.05, 0.1) is 5.69 Å². The number of rotatable bonds is 2. The van der Waals surface area contributed by atoms with Crippen LogP contribution in [0.3, 0.4) is 0 Å². The molecule has 0 fully saturated rings. The predicted molar refractivity (Wildman–Crippen MR) is 55.9 cm³/mol. The third-order valence-electron chi connectivity index (χ3n) is 2.04. The highest BCUT2D eigenvalue weighted by Crippen LogP contribution is 2.21. The van der Waals surface area contributed by atoms with Crippen LogP contribution in [0.2, 0.25) is 0 Å². The van der Waals surface area contributed by atoms with E-state index in [1.165, 1.54) is 7.05 Å². The summed E-state index contributed by atoms with van der Waals surface area (Å²) in [6, 6.07) is 5.32. The molecule has 78 valence electrons. The van der Waals surface area contributed by atoms with Gasteiger partial charge in [-0.2, -0.15) is 8.42 Å². The van der Waals surface area contributed by atoms with Gasteiger partial charge in [0.2, 0.25) is 0 Å². The molecule has 0 aromatic heterocycles. The minimum Gasteiger partial charge on any atom is -0.269 e. The first kappa shape index (κ1) is 11.0.